The maximum Gasteiger partial charge on any atom is 0.164 e. The van der Waals surface area contributed by atoms with Crippen LogP contribution in [0.1, 0.15) is 49.9 Å². The van der Waals surface area contributed by atoms with E-state index < -0.39 is 0 Å². The van der Waals surface area contributed by atoms with Crippen LogP contribution in [0.5, 0.6) is 0 Å². The van der Waals surface area contributed by atoms with Gasteiger partial charge in [0.05, 0.1) is 0 Å². The van der Waals surface area contributed by atoms with E-state index in [-0.39, 0.29) is 10.8 Å². The van der Waals surface area contributed by atoms with Gasteiger partial charge in [0, 0.05) is 27.5 Å². The summed E-state index contributed by atoms with van der Waals surface area (Å²) >= 11 is 0. The number of benzene rings is 6. The summed E-state index contributed by atoms with van der Waals surface area (Å²) in [5.41, 5.74) is 13.7. The fourth-order valence-electron chi connectivity index (χ4n) is 8.14. The average molecular weight is 592 g/mol. The number of hydrogen-bond acceptors (Lipinski definition) is 3. The largest absolute Gasteiger partial charge is 0.208 e. The highest BCUT2D eigenvalue weighted by molar-refractivity contribution is 6.09. The Labute approximate surface area is 269 Å². The predicted octanol–water partition coefficient (Wildman–Crippen LogP) is 10.6. The number of nitrogens with zero attached hydrogens (tertiary/aromatic N) is 3. The van der Waals surface area contributed by atoms with Crippen molar-refractivity contribution in [2.75, 3.05) is 0 Å². The van der Waals surface area contributed by atoms with Crippen LogP contribution in [0.25, 0.3) is 67.2 Å². The SMILES string of the molecule is CC1(C)c2ccccc2-c2ccc3c(c21)C(C)(C)c1cc(-c2nc(-c4ccccc4)nc(-c4ccccc4)n2)c2ccccc2c1-3. The van der Waals surface area contributed by atoms with Gasteiger partial charge in [0.1, 0.15) is 0 Å². The second-order valence-corrected chi connectivity index (χ2v) is 13.6. The van der Waals surface area contributed by atoms with E-state index in [0.29, 0.717) is 17.5 Å². The molecule has 0 atom stereocenters. The maximum absolute atomic E-state index is 5.16. The molecule has 2 aliphatic rings. The van der Waals surface area contributed by atoms with Crippen LogP contribution in [-0.2, 0) is 10.8 Å². The lowest BCUT2D eigenvalue weighted by molar-refractivity contribution is 0.601. The van der Waals surface area contributed by atoms with Crippen LogP contribution >= 0.6 is 0 Å². The first-order valence-corrected chi connectivity index (χ1v) is 16.1. The molecule has 3 nitrogen and oxygen atoms in total. The van der Waals surface area contributed by atoms with E-state index in [1.165, 1.54) is 49.9 Å². The summed E-state index contributed by atoms with van der Waals surface area (Å²) in [6.45, 7) is 9.57. The van der Waals surface area contributed by atoms with E-state index in [1.807, 2.05) is 36.4 Å². The molecule has 0 aliphatic heterocycles. The molecule has 2 aliphatic carbocycles. The van der Waals surface area contributed by atoms with Gasteiger partial charge >= 0.3 is 0 Å². The summed E-state index contributed by atoms with van der Waals surface area (Å²) in [6.07, 6.45) is 0. The Morgan fingerprint density at radius 1 is 0.391 bits per heavy atom. The fourth-order valence-corrected chi connectivity index (χ4v) is 8.14. The molecular formula is C43H33N3. The van der Waals surface area contributed by atoms with Gasteiger partial charge in [-0.3, -0.25) is 0 Å². The Hall–Kier alpha value is -5.41. The minimum atomic E-state index is -0.231. The number of fused-ring (bicyclic) bond motifs is 9. The zero-order chi connectivity index (χ0) is 31.2. The van der Waals surface area contributed by atoms with Crippen LogP contribution in [0.4, 0.5) is 0 Å². The summed E-state index contributed by atoms with van der Waals surface area (Å²) in [7, 11) is 0. The minimum absolute atomic E-state index is 0.0986. The van der Waals surface area contributed by atoms with Crippen LogP contribution in [-0.4, -0.2) is 15.0 Å². The zero-order valence-electron chi connectivity index (χ0n) is 26.5. The van der Waals surface area contributed by atoms with Gasteiger partial charge in [-0.1, -0.05) is 149 Å². The van der Waals surface area contributed by atoms with Crippen LogP contribution < -0.4 is 0 Å². The molecule has 0 unspecified atom stereocenters. The van der Waals surface area contributed by atoms with Gasteiger partial charge < -0.3 is 0 Å². The molecule has 220 valence electrons. The molecule has 9 rings (SSSR count). The van der Waals surface area contributed by atoms with E-state index in [9.17, 15) is 0 Å². The summed E-state index contributed by atoms with van der Waals surface area (Å²) in [6, 6.07) is 45.2. The van der Waals surface area contributed by atoms with Crippen LogP contribution in [0, 0.1) is 0 Å². The Morgan fingerprint density at radius 3 is 1.57 bits per heavy atom. The van der Waals surface area contributed by atoms with E-state index in [1.54, 1.807) is 0 Å². The molecule has 1 heterocycles. The third-order valence-corrected chi connectivity index (χ3v) is 10.3. The quantitative estimate of drug-likeness (QED) is 0.205. The van der Waals surface area contributed by atoms with E-state index in [0.717, 1.165) is 22.1 Å². The predicted molar refractivity (Wildman–Crippen MR) is 189 cm³/mol. The van der Waals surface area contributed by atoms with Crippen LogP contribution in [0.3, 0.4) is 0 Å². The van der Waals surface area contributed by atoms with Gasteiger partial charge in [-0.2, -0.15) is 0 Å². The number of rotatable bonds is 3. The third kappa shape index (κ3) is 3.69. The van der Waals surface area contributed by atoms with Gasteiger partial charge in [0.15, 0.2) is 17.5 Å². The first kappa shape index (κ1) is 26.9. The minimum Gasteiger partial charge on any atom is -0.208 e. The van der Waals surface area contributed by atoms with Crippen molar-refractivity contribution in [1.82, 2.24) is 15.0 Å². The van der Waals surface area contributed by atoms with Crippen molar-refractivity contribution >= 4 is 10.8 Å². The Balaban J connectivity index is 1.33. The van der Waals surface area contributed by atoms with Crippen molar-refractivity contribution in [1.29, 1.82) is 0 Å². The van der Waals surface area contributed by atoms with Crippen molar-refractivity contribution in [3.63, 3.8) is 0 Å². The molecule has 0 amide bonds. The molecule has 7 aromatic rings. The highest BCUT2D eigenvalue weighted by atomic mass is 15.0. The first-order valence-electron chi connectivity index (χ1n) is 16.1. The van der Waals surface area contributed by atoms with E-state index in [4.69, 9.17) is 15.0 Å². The second-order valence-electron chi connectivity index (χ2n) is 13.6. The second kappa shape index (κ2) is 9.55. The molecule has 0 saturated heterocycles. The molecule has 0 fully saturated rings. The molecule has 6 aromatic carbocycles. The molecule has 0 N–H and O–H groups in total. The first-order chi connectivity index (χ1) is 22.3. The van der Waals surface area contributed by atoms with Crippen LogP contribution in [0.15, 0.2) is 127 Å². The summed E-state index contributed by atoms with van der Waals surface area (Å²) in [4.78, 5) is 15.3. The number of hydrogen-bond donors (Lipinski definition) is 0. The smallest absolute Gasteiger partial charge is 0.164 e. The zero-order valence-corrected chi connectivity index (χ0v) is 26.5. The Kier molecular flexibility index (Phi) is 5.59. The highest BCUT2D eigenvalue weighted by Crippen LogP contribution is 2.60. The van der Waals surface area contributed by atoms with Crippen molar-refractivity contribution in [3.05, 3.63) is 150 Å². The lowest BCUT2D eigenvalue weighted by atomic mass is 9.72. The summed E-state index contributed by atoms with van der Waals surface area (Å²) < 4.78 is 0. The molecule has 0 bridgehead atoms. The molecular weight excluding hydrogens is 558 g/mol. The number of aromatic nitrogens is 3. The van der Waals surface area contributed by atoms with Gasteiger partial charge in [0.2, 0.25) is 0 Å². The Bertz CT molecular complexity index is 2290. The fraction of sp³-hybridized carbons (Fsp3) is 0.140. The van der Waals surface area contributed by atoms with Crippen molar-refractivity contribution in [2.45, 2.75) is 38.5 Å². The maximum atomic E-state index is 5.16. The lowest BCUT2D eigenvalue weighted by Gasteiger charge is -2.30. The van der Waals surface area contributed by atoms with Gasteiger partial charge in [0.25, 0.3) is 0 Å². The monoisotopic (exact) mass is 591 g/mol. The summed E-state index contributed by atoms with van der Waals surface area (Å²) in [5, 5.41) is 2.38. The van der Waals surface area contributed by atoms with E-state index >= 15 is 0 Å². The van der Waals surface area contributed by atoms with Gasteiger partial charge in [-0.05, 0) is 61.3 Å². The molecule has 0 spiro atoms. The van der Waals surface area contributed by atoms with Crippen molar-refractivity contribution in [3.8, 4) is 56.4 Å². The standard InChI is InChI=1S/C43H33N3/c1-42(2)34-22-14-13-20-29(34)31-23-24-32-36-30-21-12-11-19-28(30)33(25-35(36)43(3,4)38(32)37(31)42)41-45-39(26-15-7-5-8-16-26)44-40(46-41)27-17-9-6-10-18-27/h5-25H,1-4H3. The van der Waals surface area contributed by atoms with Gasteiger partial charge in [-0.15, -0.1) is 0 Å². The van der Waals surface area contributed by atoms with Crippen LogP contribution in [0.2, 0.25) is 0 Å². The molecule has 3 heteroatoms. The van der Waals surface area contributed by atoms with E-state index in [2.05, 4.69) is 119 Å². The molecule has 0 radical (unpaired) electrons. The highest BCUT2D eigenvalue weighted by Gasteiger charge is 2.46. The molecule has 46 heavy (non-hydrogen) atoms. The normalized spacial score (nSPS) is 14.9. The molecule has 0 saturated carbocycles. The van der Waals surface area contributed by atoms with Crippen molar-refractivity contribution in [2.24, 2.45) is 0 Å². The van der Waals surface area contributed by atoms with Gasteiger partial charge in [-0.25, -0.2) is 15.0 Å². The van der Waals surface area contributed by atoms with Crippen molar-refractivity contribution < 1.29 is 0 Å². The lowest BCUT2D eigenvalue weighted by Crippen LogP contribution is -2.24. The summed E-state index contributed by atoms with van der Waals surface area (Å²) in [5.74, 6) is 2.04. The average Bonchev–Trinajstić information content (AvgIpc) is 3.48. The Morgan fingerprint density at radius 2 is 0.891 bits per heavy atom. The molecule has 1 aromatic heterocycles. The third-order valence-electron chi connectivity index (χ3n) is 10.3. The topological polar surface area (TPSA) is 38.7 Å².